The van der Waals surface area contributed by atoms with Crippen molar-refractivity contribution >= 4 is 16.1 Å². The van der Waals surface area contributed by atoms with Crippen molar-refractivity contribution in [3.8, 4) is 17.0 Å². The summed E-state index contributed by atoms with van der Waals surface area (Å²) in [6.45, 7) is 1.59. The van der Waals surface area contributed by atoms with Crippen molar-refractivity contribution in [2.75, 3.05) is 6.98 Å². The van der Waals surface area contributed by atoms with E-state index in [1.54, 1.807) is 32.9 Å². The molecule has 1 heterocycles. The molecular formula is C30H31FN2O5S. The van der Waals surface area contributed by atoms with E-state index in [0.717, 1.165) is 9.54 Å². The van der Waals surface area contributed by atoms with Crippen molar-refractivity contribution in [3.63, 3.8) is 0 Å². The summed E-state index contributed by atoms with van der Waals surface area (Å²) in [4.78, 5) is 13.2. The van der Waals surface area contributed by atoms with Crippen molar-refractivity contribution in [1.82, 2.24) is 8.87 Å². The SMILES string of the molecule is [2H]C([2H])([2H])N(Cc1cc(-c2ccccc2F)n(S(=O)(=O)c2cccc(OCc3ccccc3)c2)c1)C(=O)OC(C)(C)C. The summed E-state index contributed by atoms with van der Waals surface area (Å²) >= 11 is 0. The molecule has 0 N–H and O–H groups in total. The van der Waals surface area contributed by atoms with Crippen LogP contribution in [0.1, 0.15) is 36.0 Å². The highest BCUT2D eigenvalue weighted by Crippen LogP contribution is 2.30. The Bertz CT molecular complexity index is 1670. The van der Waals surface area contributed by atoms with Crippen LogP contribution in [0.4, 0.5) is 9.18 Å². The maximum atomic E-state index is 14.9. The molecule has 0 radical (unpaired) electrons. The third-order valence-electron chi connectivity index (χ3n) is 5.56. The molecule has 4 rings (SSSR count). The number of carbonyl (C=O) groups is 1. The average Bonchev–Trinajstić information content (AvgIpc) is 3.35. The lowest BCUT2D eigenvalue weighted by Gasteiger charge is -2.24. The van der Waals surface area contributed by atoms with Gasteiger partial charge in [-0.05, 0) is 62.2 Å². The monoisotopic (exact) mass is 553 g/mol. The van der Waals surface area contributed by atoms with Crippen LogP contribution in [0.25, 0.3) is 11.3 Å². The van der Waals surface area contributed by atoms with Crippen molar-refractivity contribution in [3.05, 3.63) is 108 Å². The molecule has 1 aromatic heterocycles. The highest BCUT2D eigenvalue weighted by Gasteiger charge is 2.25. The number of aromatic nitrogens is 1. The number of carbonyl (C=O) groups excluding carboxylic acids is 1. The largest absolute Gasteiger partial charge is 0.489 e. The topological polar surface area (TPSA) is 77.8 Å². The van der Waals surface area contributed by atoms with Gasteiger partial charge in [-0.25, -0.2) is 21.6 Å². The summed E-state index contributed by atoms with van der Waals surface area (Å²) in [7, 11) is -4.34. The molecule has 0 bridgehead atoms. The zero-order valence-corrected chi connectivity index (χ0v) is 22.6. The Morgan fingerprint density at radius 2 is 1.69 bits per heavy atom. The fourth-order valence-corrected chi connectivity index (χ4v) is 5.22. The molecule has 0 unspecified atom stereocenters. The van der Waals surface area contributed by atoms with Gasteiger partial charge in [0.25, 0.3) is 10.0 Å². The predicted octanol–water partition coefficient (Wildman–Crippen LogP) is 6.48. The molecule has 0 saturated heterocycles. The van der Waals surface area contributed by atoms with E-state index in [4.69, 9.17) is 13.6 Å². The number of ether oxygens (including phenoxy) is 2. The Morgan fingerprint density at radius 3 is 2.38 bits per heavy atom. The molecule has 0 saturated carbocycles. The fourth-order valence-electron chi connectivity index (χ4n) is 3.79. The van der Waals surface area contributed by atoms with E-state index in [1.807, 2.05) is 30.3 Å². The Hall–Kier alpha value is -4.11. The molecule has 4 aromatic rings. The first-order valence-electron chi connectivity index (χ1n) is 13.6. The molecule has 0 aliphatic rings. The van der Waals surface area contributed by atoms with Crippen LogP contribution in [-0.2, 0) is 27.9 Å². The minimum atomic E-state index is -4.34. The van der Waals surface area contributed by atoms with E-state index in [1.165, 1.54) is 48.7 Å². The van der Waals surface area contributed by atoms with E-state index in [2.05, 4.69) is 0 Å². The molecule has 0 atom stereocenters. The number of halogens is 1. The molecule has 9 heteroatoms. The standard InChI is InChI=1S/C30H31FN2O5S/c1-30(2,3)38-29(34)32(4)19-23-17-28(26-15-8-9-16-27(26)31)33(20-23)39(35,36)25-14-10-13-24(18-25)37-21-22-11-6-5-7-12-22/h5-18,20H,19,21H2,1-4H3/i4D3. The van der Waals surface area contributed by atoms with Gasteiger partial charge in [0, 0.05) is 28.9 Å². The van der Waals surface area contributed by atoms with Gasteiger partial charge >= 0.3 is 6.09 Å². The molecule has 0 aliphatic heterocycles. The average molecular weight is 554 g/mol. The summed E-state index contributed by atoms with van der Waals surface area (Å²) < 4.78 is 78.4. The number of amides is 1. The summed E-state index contributed by atoms with van der Waals surface area (Å²) in [5.74, 6) is -0.378. The summed E-state index contributed by atoms with van der Waals surface area (Å²) in [5.41, 5.74) is -0.0152. The van der Waals surface area contributed by atoms with Crippen LogP contribution in [0, 0.1) is 5.82 Å². The van der Waals surface area contributed by atoms with E-state index in [9.17, 15) is 17.6 Å². The lowest BCUT2D eigenvalue weighted by atomic mass is 10.1. The Morgan fingerprint density at radius 1 is 0.974 bits per heavy atom. The van der Waals surface area contributed by atoms with Crippen LogP contribution in [0.5, 0.6) is 5.75 Å². The number of hydrogen-bond acceptors (Lipinski definition) is 5. The van der Waals surface area contributed by atoms with Crippen LogP contribution in [0.2, 0.25) is 0 Å². The van der Waals surface area contributed by atoms with E-state index in [0.29, 0.717) is 10.6 Å². The van der Waals surface area contributed by atoms with Crippen molar-refractivity contribution in [2.24, 2.45) is 0 Å². The second kappa shape index (κ2) is 11.3. The van der Waals surface area contributed by atoms with Gasteiger partial charge in [-0.15, -0.1) is 0 Å². The van der Waals surface area contributed by atoms with Gasteiger partial charge in [0.1, 0.15) is 23.8 Å². The Kier molecular flexibility index (Phi) is 6.96. The van der Waals surface area contributed by atoms with E-state index in [-0.39, 0.29) is 28.3 Å². The molecule has 7 nitrogen and oxygen atoms in total. The van der Waals surface area contributed by atoms with E-state index < -0.39 is 41.1 Å². The molecule has 0 spiro atoms. The Labute approximate surface area is 232 Å². The Balaban J connectivity index is 1.75. The van der Waals surface area contributed by atoms with Crippen LogP contribution < -0.4 is 4.74 Å². The van der Waals surface area contributed by atoms with Crippen molar-refractivity contribution < 1.29 is 31.2 Å². The third-order valence-corrected chi connectivity index (χ3v) is 7.23. The summed E-state index contributed by atoms with van der Waals surface area (Å²) in [6.07, 6.45) is 0.0753. The maximum absolute atomic E-state index is 14.9. The van der Waals surface area contributed by atoms with Crippen molar-refractivity contribution in [2.45, 2.75) is 44.4 Å². The van der Waals surface area contributed by atoms with Gasteiger partial charge < -0.3 is 14.4 Å². The number of hydrogen-bond donors (Lipinski definition) is 0. The number of rotatable bonds is 8. The van der Waals surface area contributed by atoms with Gasteiger partial charge in [0.15, 0.2) is 0 Å². The van der Waals surface area contributed by atoms with Gasteiger partial charge in [0.2, 0.25) is 0 Å². The van der Waals surface area contributed by atoms with Crippen molar-refractivity contribution in [1.29, 1.82) is 0 Å². The maximum Gasteiger partial charge on any atom is 0.410 e. The first-order chi connectivity index (χ1) is 19.6. The summed E-state index contributed by atoms with van der Waals surface area (Å²) in [6, 6.07) is 22.2. The number of nitrogens with zero attached hydrogens (tertiary/aromatic N) is 2. The molecule has 1 amide bonds. The molecule has 0 fully saturated rings. The second-order valence-electron chi connectivity index (χ2n) is 9.83. The second-order valence-corrected chi connectivity index (χ2v) is 11.6. The molecule has 3 aromatic carbocycles. The van der Waals surface area contributed by atoms with Crippen LogP contribution >= 0.6 is 0 Å². The quantitative estimate of drug-likeness (QED) is 0.250. The lowest BCUT2D eigenvalue weighted by molar-refractivity contribution is 0.0285. The van der Waals surface area contributed by atoms with Gasteiger partial charge in [-0.1, -0.05) is 48.5 Å². The minimum absolute atomic E-state index is 0.0264. The highest BCUT2D eigenvalue weighted by atomic mass is 32.2. The van der Waals surface area contributed by atoms with Gasteiger partial charge in [0.05, 0.1) is 17.1 Å². The zero-order chi connectivity index (χ0) is 30.7. The molecule has 39 heavy (non-hydrogen) atoms. The fraction of sp³-hybridized carbons (Fsp3) is 0.233. The van der Waals surface area contributed by atoms with Crippen LogP contribution in [-0.4, -0.2) is 36.0 Å². The van der Waals surface area contributed by atoms with Crippen LogP contribution in [0.15, 0.2) is 96.0 Å². The van der Waals surface area contributed by atoms with Crippen LogP contribution in [0.3, 0.4) is 0 Å². The molecule has 204 valence electrons. The van der Waals surface area contributed by atoms with Gasteiger partial charge in [-0.3, -0.25) is 0 Å². The lowest BCUT2D eigenvalue weighted by Crippen LogP contribution is -2.33. The zero-order valence-electron chi connectivity index (χ0n) is 24.8. The smallest absolute Gasteiger partial charge is 0.410 e. The predicted molar refractivity (Wildman–Crippen MR) is 147 cm³/mol. The number of benzene rings is 3. The minimum Gasteiger partial charge on any atom is -0.489 e. The third kappa shape index (κ3) is 6.86. The summed E-state index contributed by atoms with van der Waals surface area (Å²) in [5, 5.41) is 0. The highest BCUT2D eigenvalue weighted by molar-refractivity contribution is 7.90. The molecule has 0 aliphatic carbocycles. The normalized spacial score (nSPS) is 13.2. The first-order valence-corrected chi connectivity index (χ1v) is 13.6. The van der Waals surface area contributed by atoms with Gasteiger partial charge in [-0.2, -0.15) is 0 Å². The first kappa shape index (κ1) is 24.0. The molecular weight excluding hydrogens is 519 g/mol. The van der Waals surface area contributed by atoms with E-state index >= 15 is 0 Å².